The molecule has 1 fully saturated rings. The Morgan fingerprint density at radius 3 is 2.74 bits per heavy atom. The maximum absolute atomic E-state index is 12.3. The summed E-state index contributed by atoms with van der Waals surface area (Å²) in [5, 5.41) is 0. The summed E-state index contributed by atoms with van der Waals surface area (Å²) in [7, 11) is 4.19. The van der Waals surface area contributed by atoms with Gasteiger partial charge in [0.2, 0.25) is 0 Å². The summed E-state index contributed by atoms with van der Waals surface area (Å²) in [6, 6.07) is 0.582. The number of nitrogens with two attached hydrogens (primary N) is 1. The molecule has 0 bridgehead atoms. The summed E-state index contributed by atoms with van der Waals surface area (Å²) in [6.45, 7) is 2.87. The van der Waals surface area contributed by atoms with Crippen LogP contribution in [0.25, 0.3) is 0 Å². The molecule has 0 aromatic carbocycles. The van der Waals surface area contributed by atoms with Crippen molar-refractivity contribution in [1.29, 1.82) is 0 Å². The van der Waals surface area contributed by atoms with Crippen molar-refractivity contribution in [3.8, 4) is 0 Å². The summed E-state index contributed by atoms with van der Waals surface area (Å²) in [5.74, 6) is 0.0352. The number of hydrogen-bond donors (Lipinski definition) is 1. The van der Waals surface area contributed by atoms with Gasteiger partial charge < -0.3 is 20.1 Å². The Morgan fingerprint density at radius 1 is 1.47 bits per heavy atom. The van der Waals surface area contributed by atoms with Crippen LogP contribution in [-0.2, 0) is 6.54 Å². The predicted octanol–water partition coefficient (Wildman–Crippen LogP) is 0.00800. The Balaban J connectivity index is 1.93. The molecule has 2 heterocycles. The monoisotopic (exact) mass is 265 g/mol. The lowest BCUT2D eigenvalue weighted by molar-refractivity contribution is 0.0658. The summed E-state index contributed by atoms with van der Waals surface area (Å²) < 4.78 is 1.86. The maximum Gasteiger partial charge on any atom is 0.274 e. The highest BCUT2D eigenvalue weighted by Crippen LogP contribution is 2.16. The zero-order valence-corrected chi connectivity index (χ0v) is 11.7. The number of imidazole rings is 1. The van der Waals surface area contributed by atoms with Crippen LogP contribution in [0.5, 0.6) is 0 Å². The van der Waals surface area contributed by atoms with Crippen LogP contribution in [-0.4, -0.2) is 65.0 Å². The van der Waals surface area contributed by atoms with Gasteiger partial charge in [-0.2, -0.15) is 0 Å². The van der Waals surface area contributed by atoms with Crippen molar-refractivity contribution in [2.24, 2.45) is 5.73 Å². The van der Waals surface area contributed by atoms with Crippen LogP contribution in [0.15, 0.2) is 12.5 Å². The average Bonchev–Trinajstić information content (AvgIpc) is 2.87. The van der Waals surface area contributed by atoms with Crippen molar-refractivity contribution in [2.45, 2.75) is 25.4 Å². The van der Waals surface area contributed by atoms with E-state index in [1.807, 2.05) is 9.47 Å². The number of piperidine rings is 1. The fraction of sp³-hybridized carbons (Fsp3) is 0.692. The van der Waals surface area contributed by atoms with Gasteiger partial charge in [-0.05, 0) is 26.9 Å². The van der Waals surface area contributed by atoms with Gasteiger partial charge in [0.25, 0.3) is 5.91 Å². The van der Waals surface area contributed by atoms with Crippen molar-refractivity contribution in [3.63, 3.8) is 0 Å². The third-order valence-corrected chi connectivity index (χ3v) is 3.72. The molecule has 0 unspecified atom stereocenters. The minimum atomic E-state index is 0.0352. The Morgan fingerprint density at radius 2 is 2.16 bits per heavy atom. The quantitative estimate of drug-likeness (QED) is 0.832. The molecule has 6 nitrogen and oxygen atoms in total. The van der Waals surface area contributed by atoms with E-state index >= 15 is 0 Å². The number of carbonyl (C=O) groups excluding carboxylic acids is 1. The molecule has 0 aliphatic carbocycles. The summed E-state index contributed by atoms with van der Waals surface area (Å²) >= 11 is 0. The van der Waals surface area contributed by atoms with Gasteiger partial charge in [-0.1, -0.05) is 0 Å². The molecule has 106 valence electrons. The van der Waals surface area contributed by atoms with Crippen LogP contribution in [0.3, 0.4) is 0 Å². The van der Waals surface area contributed by atoms with E-state index in [0.717, 1.165) is 25.9 Å². The average molecular weight is 265 g/mol. The van der Waals surface area contributed by atoms with E-state index in [4.69, 9.17) is 5.73 Å². The topological polar surface area (TPSA) is 67.4 Å². The van der Waals surface area contributed by atoms with Crippen LogP contribution in [0.4, 0.5) is 0 Å². The molecular formula is C13H23N5O. The first-order chi connectivity index (χ1) is 9.11. The molecule has 1 amide bonds. The number of carbonyl (C=O) groups is 1. The van der Waals surface area contributed by atoms with Crippen LogP contribution < -0.4 is 5.73 Å². The Bertz CT molecular complexity index is 420. The van der Waals surface area contributed by atoms with E-state index in [1.54, 1.807) is 12.5 Å². The van der Waals surface area contributed by atoms with E-state index in [-0.39, 0.29) is 5.91 Å². The molecule has 0 radical (unpaired) electrons. The number of nitrogens with zero attached hydrogens (tertiary/aromatic N) is 4. The smallest absolute Gasteiger partial charge is 0.274 e. The fourth-order valence-corrected chi connectivity index (χ4v) is 2.49. The Labute approximate surface area is 114 Å². The zero-order chi connectivity index (χ0) is 13.8. The molecular weight excluding hydrogens is 242 g/mol. The number of aromatic nitrogens is 2. The van der Waals surface area contributed by atoms with Crippen molar-refractivity contribution in [1.82, 2.24) is 19.4 Å². The van der Waals surface area contributed by atoms with Gasteiger partial charge in [-0.3, -0.25) is 4.79 Å². The van der Waals surface area contributed by atoms with Gasteiger partial charge in [-0.25, -0.2) is 4.98 Å². The molecule has 0 saturated carbocycles. The molecule has 6 heteroatoms. The Hall–Kier alpha value is -1.40. The number of amides is 1. The lowest BCUT2D eigenvalue weighted by atomic mass is 10.0. The van der Waals surface area contributed by atoms with Crippen LogP contribution in [0.1, 0.15) is 23.3 Å². The third-order valence-electron chi connectivity index (χ3n) is 3.72. The largest absolute Gasteiger partial charge is 0.337 e. The molecule has 2 N–H and O–H groups in total. The number of likely N-dealkylation sites (tertiary alicyclic amines) is 1. The predicted molar refractivity (Wildman–Crippen MR) is 73.9 cm³/mol. The molecule has 1 aromatic heterocycles. The molecule has 0 atom stereocenters. The van der Waals surface area contributed by atoms with Gasteiger partial charge in [0, 0.05) is 38.4 Å². The number of rotatable bonds is 4. The van der Waals surface area contributed by atoms with E-state index in [2.05, 4.69) is 24.0 Å². The standard InChI is InChI=1S/C13H23N5O/c1-16(2)11-3-6-18(7-4-11)13(19)12-9-17(8-5-14)10-15-12/h9-11H,3-8,14H2,1-2H3. The van der Waals surface area contributed by atoms with E-state index < -0.39 is 0 Å². The zero-order valence-electron chi connectivity index (χ0n) is 11.7. The minimum absolute atomic E-state index is 0.0352. The van der Waals surface area contributed by atoms with Crippen molar-refractivity contribution < 1.29 is 4.79 Å². The normalized spacial score (nSPS) is 17.2. The third kappa shape index (κ3) is 3.33. The van der Waals surface area contributed by atoms with Gasteiger partial charge in [-0.15, -0.1) is 0 Å². The first-order valence-electron chi connectivity index (χ1n) is 6.79. The molecule has 1 aliphatic rings. The second-order valence-electron chi connectivity index (χ2n) is 5.27. The molecule has 1 aromatic rings. The summed E-state index contributed by atoms with van der Waals surface area (Å²) in [6.07, 6.45) is 5.52. The highest BCUT2D eigenvalue weighted by Gasteiger charge is 2.25. The highest BCUT2D eigenvalue weighted by atomic mass is 16.2. The van der Waals surface area contributed by atoms with Crippen LogP contribution in [0.2, 0.25) is 0 Å². The first-order valence-corrected chi connectivity index (χ1v) is 6.79. The second kappa shape index (κ2) is 6.16. The van der Waals surface area contributed by atoms with Gasteiger partial charge in [0.1, 0.15) is 5.69 Å². The lowest BCUT2D eigenvalue weighted by Gasteiger charge is -2.34. The minimum Gasteiger partial charge on any atom is -0.337 e. The summed E-state index contributed by atoms with van der Waals surface area (Å²) in [4.78, 5) is 20.6. The first kappa shape index (κ1) is 14.0. The van der Waals surface area contributed by atoms with E-state index in [9.17, 15) is 4.79 Å². The van der Waals surface area contributed by atoms with Crippen LogP contribution in [0, 0.1) is 0 Å². The SMILES string of the molecule is CN(C)C1CCN(C(=O)c2cn(CCN)cn2)CC1. The lowest BCUT2D eigenvalue weighted by Crippen LogP contribution is -2.44. The van der Waals surface area contributed by atoms with Gasteiger partial charge >= 0.3 is 0 Å². The second-order valence-corrected chi connectivity index (χ2v) is 5.27. The maximum atomic E-state index is 12.3. The molecule has 1 aliphatic heterocycles. The number of hydrogen-bond acceptors (Lipinski definition) is 4. The van der Waals surface area contributed by atoms with Crippen molar-refractivity contribution in [3.05, 3.63) is 18.2 Å². The van der Waals surface area contributed by atoms with Gasteiger partial charge in [0.15, 0.2) is 0 Å². The van der Waals surface area contributed by atoms with Crippen molar-refractivity contribution >= 4 is 5.91 Å². The summed E-state index contributed by atoms with van der Waals surface area (Å²) in [5.41, 5.74) is 6.01. The molecule has 2 rings (SSSR count). The Kier molecular flexibility index (Phi) is 4.55. The van der Waals surface area contributed by atoms with Crippen LogP contribution >= 0.6 is 0 Å². The van der Waals surface area contributed by atoms with Gasteiger partial charge in [0.05, 0.1) is 6.33 Å². The van der Waals surface area contributed by atoms with E-state index in [0.29, 0.717) is 24.8 Å². The highest BCUT2D eigenvalue weighted by molar-refractivity contribution is 5.92. The fourth-order valence-electron chi connectivity index (χ4n) is 2.49. The molecule has 0 spiro atoms. The van der Waals surface area contributed by atoms with E-state index in [1.165, 1.54) is 0 Å². The molecule has 1 saturated heterocycles. The van der Waals surface area contributed by atoms with Crippen molar-refractivity contribution in [2.75, 3.05) is 33.7 Å². The molecule has 19 heavy (non-hydrogen) atoms.